The van der Waals surface area contributed by atoms with Gasteiger partial charge in [-0.2, -0.15) is 26.3 Å². The number of alkyl halides is 6. The Morgan fingerprint density at radius 2 is 1.94 bits per heavy atom. The first kappa shape index (κ1) is 26.2. The predicted octanol–water partition coefficient (Wildman–Crippen LogP) is 3.32. The van der Waals surface area contributed by atoms with E-state index >= 15 is 0 Å². The quantitative estimate of drug-likeness (QED) is 0.516. The van der Waals surface area contributed by atoms with E-state index in [0.29, 0.717) is 0 Å². The molecule has 3 N–H and O–H groups in total. The standard InChI is InChI=1S/C21H20F6N4O4/c1-35-16-8-12(2-3-13(16)20(22,23)24)29-19(34)11-4-6-31(7-5-11)18-17(21(25,26)27)30-14(9-28-18)15(33)10-32/h2-4,8-9,15,32-33H,5-7,10H2,1H3,(H,29,34)/t15-/m1/s1. The van der Waals surface area contributed by atoms with Crippen LogP contribution >= 0.6 is 0 Å². The third kappa shape index (κ3) is 6.00. The third-order valence-corrected chi connectivity index (χ3v) is 5.12. The van der Waals surface area contributed by atoms with E-state index in [1.165, 1.54) is 11.0 Å². The highest BCUT2D eigenvalue weighted by molar-refractivity contribution is 6.04. The molecule has 1 aromatic heterocycles. The maximum atomic E-state index is 13.5. The van der Waals surface area contributed by atoms with Crippen LogP contribution in [0.25, 0.3) is 0 Å². The summed E-state index contributed by atoms with van der Waals surface area (Å²) in [6.07, 6.45) is -8.85. The zero-order valence-corrected chi connectivity index (χ0v) is 18.1. The summed E-state index contributed by atoms with van der Waals surface area (Å²) in [7, 11) is 1.06. The second-order valence-corrected chi connectivity index (χ2v) is 7.46. The molecular weight excluding hydrogens is 486 g/mol. The highest BCUT2D eigenvalue weighted by Gasteiger charge is 2.39. The normalized spacial score (nSPS) is 15.5. The number of amides is 1. The van der Waals surface area contributed by atoms with Gasteiger partial charge in [0.2, 0.25) is 0 Å². The van der Waals surface area contributed by atoms with Gasteiger partial charge in [0, 0.05) is 30.4 Å². The van der Waals surface area contributed by atoms with E-state index in [0.717, 1.165) is 31.5 Å². The number of rotatable bonds is 6. The summed E-state index contributed by atoms with van der Waals surface area (Å²) >= 11 is 0. The number of aliphatic hydroxyl groups is 2. The number of halogens is 6. The van der Waals surface area contributed by atoms with Gasteiger partial charge in [0.15, 0.2) is 11.5 Å². The summed E-state index contributed by atoms with van der Waals surface area (Å²) in [5.41, 5.74) is -2.53. The van der Waals surface area contributed by atoms with Crippen LogP contribution in [0.3, 0.4) is 0 Å². The van der Waals surface area contributed by atoms with Crippen molar-refractivity contribution in [3.63, 3.8) is 0 Å². The zero-order chi connectivity index (χ0) is 26.0. The molecule has 0 aliphatic carbocycles. The predicted molar refractivity (Wildman–Crippen MR) is 111 cm³/mol. The minimum absolute atomic E-state index is 0.0175. The minimum Gasteiger partial charge on any atom is -0.496 e. The molecule has 190 valence electrons. The Morgan fingerprint density at radius 3 is 2.49 bits per heavy atom. The highest BCUT2D eigenvalue weighted by Crippen LogP contribution is 2.38. The molecule has 1 aromatic carbocycles. The van der Waals surface area contributed by atoms with Gasteiger partial charge in [-0.25, -0.2) is 9.97 Å². The zero-order valence-electron chi connectivity index (χ0n) is 18.1. The van der Waals surface area contributed by atoms with Crippen molar-refractivity contribution in [1.29, 1.82) is 0 Å². The maximum absolute atomic E-state index is 13.5. The summed E-state index contributed by atoms with van der Waals surface area (Å²) in [6.45, 7) is -0.991. The fraction of sp³-hybridized carbons (Fsp3) is 0.381. The lowest BCUT2D eigenvalue weighted by Crippen LogP contribution is -2.34. The number of hydrogen-bond donors (Lipinski definition) is 3. The average Bonchev–Trinajstić information content (AvgIpc) is 2.81. The van der Waals surface area contributed by atoms with Gasteiger partial charge in [-0.05, 0) is 18.6 Å². The first-order valence-corrected chi connectivity index (χ1v) is 10.1. The molecule has 0 saturated heterocycles. The minimum atomic E-state index is -4.89. The first-order valence-electron chi connectivity index (χ1n) is 10.1. The van der Waals surface area contributed by atoms with Crippen molar-refractivity contribution < 1.29 is 46.1 Å². The third-order valence-electron chi connectivity index (χ3n) is 5.12. The molecule has 14 heteroatoms. The molecule has 0 saturated carbocycles. The molecule has 1 aliphatic rings. The number of ether oxygens (including phenoxy) is 1. The molecule has 0 spiro atoms. The number of methoxy groups -OCH3 is 1. The summed E-state index contributed by atoms with van der Waals surface area (Å²) in [6, 6.07) is 2.84. The van der Waals surface area contributed by atoms with Gasteiger partial charge in [-0.15, -0.1) is 0 Å². The lowest BCUT2D eigenvalue weighted by Gasteiger charge is -2.29. The van der Waals surface area contributed by atoms with Crippen molar-refractivity contribution >= 4 is 17.4 Å². The smallest absolute Gasteiger partial charge is 0.437 e. The average molecular weight is 506 g/mol. The Hall–Kier alpha value is -3.39. The number of benzene rings is 1. The highest BCUT2D eigenvalue weighted by atomic mass is 19.4. The molecule has 0 bridgehead atoms. The first-order chi connectivity index (χ1) is 16.3. The van der Waals surface area contributed by atoms with Gasteiger partial charge in [-0.1, -0.05) is 6.08 Å². The molecule has 0 fully saturated rings. The summed E-state index contributed by atoms with van der Waals surface area (Å²) in [5.74, 6) is -1.61. The number of anilines is 2. The maximum Gasteiger partial charge on any atom is 0.437 e. The second kappa shape index (κ2) is 10.1. The van der Waals surface area contributed by atoms with Gasteiger partial charge >= 0.3 is 12.4 Å². The molecule has 2 heterocycles. The molecule has 0 radical (unpaired) electrons. The fourth-order valence-electron chi connectivity index (χ4n) is 3.35. The van der Waals surface area contributed by atoms with E-state index in [-0.39, 0.29) is 30.8 Å². The molecule has 0 unspecified atom stereocenters. The Morgan fingerprint density at radius 1 is 1.23 bits per heavy atom. The van der Waals surface area contributed by atoms with Crippen molar-refractivity contribution in [3.05, 3.63) is 53.0 Å². The van der Waals surface area contributed by atoms with Crippen LogP contribution in [-0.2, 0) is 17.1 Å². The van der Waals surface area contributed by atoms with E-state index < -0.39 is 59.5 Å². The van der Waals surface area contributed by atoms with E-state index in [1.807, 2.05) is 0 Å². The number of carbonyl (C=O) groups excluding carboxylic acids is 1. The molecule has 3 rings (SSSR count). The second-order valence-electron chi connectivity index (χ2n) is 7.46. The lowest BCUT2D eigenvalue weighted by molar-refractivity contribution is -0.141. The van der Waals surface area contributed by atoms with Crippen LogP contribution in [0.15, 0.2) is 36.0 Å². The Labute approximate surface area is 194 Å². The summed E-state index contributed by atoms with van der Waals surface area (Å²) < 4.78 is 84.3. The van der Waals surface area contributed by atoms with Crippen LogP contribution in [0.1, 0.15) is 29.5 Å². The molecule has 2 aromatic rings. The topological polar surface area (TPSA) is 108 Å². The van der Waals surface area contributed by atoms with E-state index in [2.05, 4.69) is 15.3 Å². The van der Waals surface area contributed by atoms with Crippen LogP contribution in [-0.4, -0.2) is 52.9 Å². The number of aliphatic hydroxyl groups excluding tert-OH is 2. The molecule has 35 heavy (non-hydrogen) atoms. The van der Waals surface area contributed by atoms with Crippen molar-refractivity contribution in [1.82, 2.24) is 9.97 Å². The van der Waals surface area contributed by atoms with Crippen LogP contribution in [0, 0.1) is 0 Å². The monoisotopic (exact) mass is 506 g/mol. The summed E-state index contributed by atoms with van der Waals surface area (Å²) in [5, 5.41) is 21.0. The van der Waals surface area contributed by atoms with Crippen LogP contribution in [0.5, 0.6) is 5.75 Å². The fourth-order valence-corrected chi connectivity index (χ4v) is 3.35. The van der Waals surface area contributed by atoms with Crippen molar-refractivity contribution in [2.24, 2.45) is 0 Å². The SMILES string of the molecule is COc1cc(NC(=O)C2=CCN(c3ncc([C@H](O)CO)nc3C(F)(F)F)CC2)ccc1C(F)(F)F. The lowest BCUT2D eigenvalue weighted by atomic mass is 10.1. The van der Waals surface area contributed by atoms with Crippen molar-refractivity contribution in [3.8, 4) is 5.75 Å². The largest absolute Gasteiger partial charge is 0.496 e. The number of nitrogens with one attached hydrogen (secondary N) is 1. The van der Waals surface area contributed by atoms with E-state index in [1.54, 1.807) is 0 Å². The van der Waals surface area contributed by atoms with Crippen molar-refractivity contribution in [2.75, 3.05) is 37.0 Å². The van der Waals surface area contributed by atoms with E-state index in [9.17, 15) is 36.2 Å². The molecule has 8 nitrogen and oxygen atoms in total. The Kier molecular flexibility index (Phi) is 7.55. The van der Waals surface area contributed by atoms with Gasteiger partial charge < -0.3 is 25.2 Å². The van der Waals surface area contributed by atoms with Gasteiger partial charge in [0.25, 0.3) is 5.91 Å². The van der Waals surface area contributed by atoms with Crippen LogP contribution < -0.4 is 15.0 Å². The number of carbonyl (C=O) groups is 1. The molecule has 1 aliphatic heterocycles. The Balaban J connectivity index is 1.77. The summed E-state index contributed by atoms with van der Waals surface area (Å²) in [4.78, 5) is 21.0. The van der Waals surface area contributed by atoms with Gasteiger partial charge in [0.05, 0.1) is 31.2 Å². The number of aromatic nitrogens is 2. The van der Waals surface area contributed by atoms with Crippen molar-refractivity contribution in [2.45, 2.75) is 24.9 Å². The number of nitrogens with zero attached hydrogens (tertiary/aromatic N) is 3. The van der Waals surface area contributed by atoms with Gasteiger partial charge in [-0.3, -0.25) is 4.79 Å². The van der Waals surface area contributed by atoms with E-state index in [4.69, 9.17) is 9.84 Å². The molecule has 1 amide bonds. The van der Waals surface area contributed by atoms with Gasteiger partial charge in [0.1, 0.15) is 11.9 Å². The molecule has 1 atom stereocenters. The molecular formula is C21H20F6N4O4. The Bertz CT molecular complexity index is 1120. The van der Waals surface area contributed by atoms with Crippen LogP contribution in [0.2, 0.25) is 0 Å². The number of hydrogen-bond acceptors (Lipinski definition) is 7. The van der Waals surface area contributed by atoms with Crippen LogP contribution in [0.4, 0.5) is 37.8 Å².